The standard InChI is InChI=1S/C10H10N4/c1-5-3-7-9(11-5)14-8-4-6(2)12-10(8)13-7/h3-4H,1-2H3,(H,11,14)(H,12,13). The van der Waals surface area contributed by atoms with E-state index in [1.807, 2.05) is 26.0 Å². The van der Waals surface area contributed by atoms with Crippen molar-refractivity contribution < 1.29 is 0 Å². The molecule has 4 nitrogen and oxygen atoms in total. The lowest BCUT2D eigenvalue weighted by Gasteiger charge is -1.89. The minimum atomic E-state index is 0.856. The van der Waals surface area contributed by atoms with Gasteiger partial charge in [0.1, 0.15) is 11.0 Å². The fourth-order valence-corrected chi connectivity index (χ4v) is 1.70. The number of hydrogen-bond acceptors (Lipinski definition) is 2. The second kappa shape index (κ2) is 2.35. The van der Waals surface area contributed by atoms with Gasteiger partial charge in [0.2, 0.25) is 0 Å². The molecule has 70 valence electrons. The van der Waals surface area contributed by atoms with Gasteiger partial charge >= 0.3 is 0 Å². The lowest BCUT2D eigenvalue weighted by molar-refractivity contribution is 1.25. The quantitative estimate of drug-likeness (QED) is 0.564. The normalized spacial score (nSPS) is 11.6. The number of rotatable bonds is 0. The molecule has 0 amide bonds. The average Bonchev–Trinajstić information content (AvgIpc) is 2.59. The molecule has 0 aliphatic carbocycles. The first-order valence-electron chi connectivity index (χ1n) is 4.55. The number of hydrogen-bond donors (Lipinski definition) is 2. The van der Waals surface area contributed by atoms with Crippen molar-refractivity contribution in [3.63, 3.8) is 0 Å². The smallest absolute Gasteiger partial charge is 0.157 e. The van der Waals surface area contributed by atoms with Gasteiger partial charge in [-0.25, -0.2) is 9.97 Å². The third-order valence-corrected chi connectivity index (χ3v) is 2.29. The van der Waals surface area contributed by atoms with E-state index in [1.165, 1.54) is 0 Å². The highest BCUT2D eigenvalue weighted by Crippen LogP contribution is 2.16. The third-order valence-electron chi connectivity index (χ3n) is 2.29. The average molecular weight is 186 g/mol. The van der Waals surface area contributed by atoms with E-state index in [-0.39, 0.29) is 0 Å². The number of aromatic amines is 2. The number of H-pyrrole nitrogens is 2. The molecule has 3 rings (SSSR count). The summed E-state index contributed by atoms with van der Waals surface area (Å²) in [6, 6.07) is 4.00. The largest absolute Gasteiger partial charge is 0.342 e. The summed E-state index contributed by atoms with van der Waals surface area (Å²) < 4.78 is 0. The monoisotopic (exact) mass is 186 g/mol. The van der Waals surface area contributed by atoms with Crippen LogP contribution in [0.2, 0.25) is 0 Å². The van der Waals surface area contributed by atoms with Crippen LogP contribution in [0.25, 0.3) is 22.3 Å². The van der Waals surface area contributed by atoms with Crippen molar-refractivity contribution in [1.82, 2.24) is 19.9 Å². The molecule has 4 heteroatoms. The molecule has 0 unspecified atom stereocenters. The summed E-state index contributed by atoms with van der Waals surface area (Å²) in [6.45, 7) is 4.01. The fourth-order valence-electron chi connectivity index (χ4n) is 1.70. The highest BCUT2D eigenvalue weighted by molar-refractivity contribution is 5.83. The minimum Gasteiger partial charge on any atom is -0.342 e. The Morgan fingerprint density at radius 3 is 1.71 bits per heavy atom. The van der Waals surface area contributed by atoms with Crippen LogP contribution in [0.3, 0.4) is 0 Å². The lowest BCUT2D eigenvalue weighted by Crippen LogP contribution is -1.82. The first kappa shape index (κ1) is 7.55. The molecule has 14 heavy (non-hydrogen) atoms. The summed E-state index contributed by atoms with van der Waals surface area (Å²) >= 11 is 0. The van der Waals surface area contributed by atoms with Gasteiger partial charge in [0.15, 0.2) is 11.3 Å². The van der Waals surface area contributed by atoms with Crippen LogP contribution in [-0.2, 0) is 0 Å². The van der Waals surface area contributed by atoms with Crippen LogP contribution in [0.1, 0.15) is 11.4 Å². The molecule has 0 saturated carbocycles. The Labute approximate surface area is 80.4 Å². The van der Waals surface area contributed by atoms with E-state index in [0.717, 1.165) is 33.7 Å². The maximum Gasteiger partial charge on any atom is 0.157 e. The molecule has 0 fully saturated rings. The summed E-state index contributed by atoms with van der Waals surface area (Å²) in [5.74, 6) is 0. The van der Waals surface area contributed by atoms with Crippen molar-refractivity contribution in [3.05, 3.63) is 23.5 Å². The van der Waals surface area contributed by atoms with Gasteiger partial charge in [-0.05, 0) is 26.0 Å². The second-order valence-electron chi connectivity index (χ2n) is 3.60. The van der Waals surface area contributed by atoms with E-state index in [9.17, 15) is 0 Å². The molecule has 0 saturated heterocycles. The lowest BCUT2D eigenvalue weighted by atomic mass is 10.4. The van der Waals surface area contributed by atoms with Crippen LogP contribution >= 0.6 is 0 Å². The molecule has 0 aromatic carbocycles. The zero-order valence-electron chi connectivity index (χ0n) is 8.05. The van der Waals surface area contributed by atoms with Gasteiger partial charge in [-0.3, -0.25) is 0 Å². The highest BCUT2D eigenvalue weighted by atomic mass is 15.0. The van der Waals surface area contributed by atoms with Crippen molar-refractivity contribution in [2.45, 2.75) is 13.8 Å². The summed E-state index contributed by atoms with van der Waals surface area (Å²) in [4.78, 5) is 15.3. The molecule has 0 bridgehead atoms. The van der Waals surface area contributed by atoms with Gasteiger partial charge < -0.3 is 9.97 Å². The van der Waals surface area contributed by atoms with E-state index in [4.69, 9.17) is 0 Å². The maximum atomic E-state index is 4.47. The number of nitrogens with one attached hydrogen (secondary N) is 2. The molecule has 0 aliphatic heterocycles. The Hall–Kier alpha value is -1.84. The summed E-state index contributed by atoms with van der Waals surface area (Å²) in [5.41, 5.74) is 5.71. The van der Waals surface area contributed by atoms with E-state index < -0.39 is 0 Å². The van der Waals surface area contributed by atoms with E-state index in [2.05, 4.69) is 19.9 Å². The summed E-state index contributed by atoms with van der Waals surface area (Å²) in [5, 5.41) is 0. The number of nitrogens with zero attached hydrogens (tertiary/aromatic N) is 2. The van der Waals surface area contributed by atoms with Crippen molar-refractivity contribution in [1.29, 1.82) is 0 Å². The molecular weight excluding hydrogens is 176 g/mol. The van der Waals surface area contributed by atoms with Gasteiger partial charge in [0.05, 0.1) is 0 Å². The van der Waals surface area contributed by atoms with Crippen LogP contribution in [0.5, 0.6) is 0 Å². The zero-order chi connectivity index (χ0) is 9.71. The SMILES string of the molecule is Cc1cc2nc3[nH]c(C)cc3nc2[nH]1. The van der Waals surface area contributed by atoms with Crippen LogP contribution in [0.4, 0.5) is 0 Å². The molecule has 0 atom stereocenters. The van der Waals surface area contributed by atoms with Crippen LogP contribution in [-0.4, -0.2) is 19.9 Å². The minimum absolute atomic E-state index is 0.856. The Morgan fingerprint density at radius 1 is 0.857 bits per heavy atom. The molecule has 3 aromatic rings. The van der Waals surface area contributed by atoms with Crippen molar-refractivity contribution in [2.75, 3.05) is 0 Å². The van der Waals surface area contributed by atoms with Crippen molar-refractivity contribution in [3.8, 4) is 0 Å². The zero-order valence-corrected chi connectivity index (χ0v) is 8.05. The van der Waals surface area contributed by atoms with Gasteiger partial charge in [0, 0.05) is 11.4 Å². The Morgan fingerprint density at radius 2 is 1.29 bits per heavy atom. The summed E-state index contributed by atoms with van der Waals surface area (Å²) in [7, 11) is 0. The fraction of sp³-hybridized carbons (Fsp3) is 0.200. The van der Waals surface area contributed by atoms with E-state index in [1.54, 1.807) is 0 Å². The number of aryl methyl sites for hydroxylation is 2. The predicted molar refractivity (Wildman–Crippen MR) is 55.2 cm³/mol. The predicted octanol–water partition coefficient (Wildman–Crippen LogP) is 2.06. The molecule has 0 spiro atoms. The number of aromatic nitrogens is 4. The van der Waals surface area contributed by atoms with Crippen molar-refractivity contribution in [2.24, 2.45) is 0 Å². The van der Waals surface area contributed by atoms with Crippen LogP contribution < -0.4 is 0 Å². The molecule has 3 aromatic heterocycles. The Kier molecular flexibility index (Phi) is 1.27. The first-order valence-corrected chi connectivity index (χ1v) is 4.55. The Bertz CT molecular complexity index is 515. The van der Waals surface area contributed by atoms with Gasteiger partial charge in [-0.15, -0.1) is 0 Å². The van der Waals surface area contributed by atoms with Crippen LogP contribution in [0, 0.1) is 13.8 Å². The maximum absolute atomic E-state index is 4.47. The Balaban J connectivity index is 2.49. The molecule has 0 aliphatic rings. The van der Waals surface area contributed by atoms with Gasteiger partial charge in [-0.2, -0.15) is 0 Å². The van der Waals surface area contributed by atoms with Gasteiger partial charge in [-0.1, -0.05) is 0 Å². The topological polar surface area (TPSA) is 57.4 Å². The first-order chi connectivity index (χ1) is 6.72. The van der Waals surface area contributed by atoms with Crippen molar-refractivity contribution >= 4 is 22.3 Å². The highest BCUT2D eigenvalue weighted by Gasteiger charge is 2.05. The number of fused-ring (bicyclic) bond motifs is 2. The molecule has 3 heterocycles. The molecule has 0 radical (unpaired) electrons. The molecular formula is C10H10N4. The third kappa shape index (κ3) is 0.937. The van der Waals surface area contributed by atoms with E-state index >= 15 is 0 Å². The van der Waals surface area contributed by atoms with Crippen LogP contribution in [0.15, 0.2) is 12.1 Å². The summed E-state index contributed by atoms with van der Waals surface area (Å²) in [6.07, 6.45) is 0. The molecule has 2 N–H and O–H groups in total. The van der Waals surface area contributed by atoms with E-state index in [0.29, 0.717) is 0 Å². The second-order valence-corrected chi connectivity index (χ2v) is 3.60. The van der Waals surface area contributed by atoms with Gasteiger partial charge in [0.25, 0.3) is 0 Å².